The third-order valence-corrected chi connectivity index (χ3v) is 6.11. The molecule has 1 N–H and O–H groups in total. The third-order valence-electron chi connectivity index (χ3n) is 6.11. The van der Waals surface area contributed by atoms with Crippen LogP contribution in [-0.2, 0) is 26.2 Å². The highest BCUT2D eigenvalue weighted by Gasteiger charge is 2.40. The molecular formula is C31H34N4O4. The molecule has 39 heavy (non-hydrogen) atoms. The first-order valence-electron chi connectivity index (χ1n) is 13.0. The van der Waals surface area contributed by atoms with Crippen LogP contribution in [0.25, 0.3) is 0 Å². The van der Waals surface area contributed by atoms with Crippen molar-refractivity contribution in [3.63, 3.8) is 0 Å². The molecule has 4 aromatic rings. The number of hydrogen-bond acceptors (Lipinski definition) is 6. The summed E-state index contributed by atoms with van der Waals surface area (Å²) in [4.78, 5) is 29.8. The van der Waals surface area contributed by atoms with Gasteiger partial charge in [-0.15, -0.1) is 0 Å². The lowest BCUT2D eigenvalue weighted by Gasteiger charge is -2.35. The van der Waals surface area contributed by atoms with Crippen LogP contribution in [-0.4, -0.2) is 45.1 Å². The van der Waals surface area contributed by atoms with Gasteiger partial charge in [-0.2, -0.15) is 5.10 Å². The molecule has 0 unspecified atom stereocenters. The molecule has 3 aromatic carbocycles. The molecule has 0 saturated carbocycles. The van der Waals surface area contributed by atoms with Gasteiger partial charge < -0.3 is 14.8 Å². The summed E-state index contributed by atoms with van der Waals surface area (Å²) in [5.41, 5.74) is 1.42. The first-order chi connectivity index (χ1) is 18.7. The largest absolute Gasteiger partial charge is 0.464 e. The van der Waals surface area contributed by atoms with E-state index in [4.69, 9.17) is 14.6 Å². The molecule has 0 radical (unpaired) electrons. The quantitative estimate of drug-likeness (QED) is 0.240. The summed E-state index contributed by atoms with van der Waals surface area (Å²) in [6.45, 7) is 7.15. The van der Waals surface area contributed by atoms with E-state index in [1.54, 1.807) is 34.0 Å². The molecule has 0 aliphatic heterocycles. The number of amides is 1. The van der Waals surface area contributed by atoms with Gasteiger partial charge in [0.1, 0.15) is 23.5 Å². The zero-order chi connectivity index (χ0) is 27.9. The van der Waals surface area contributed by atoms with Crippen LogP contribution in [0.2, 0.25) is 0 Å². The molecule has 1 heterocycles. The molecule has 1 atom stereocenters. The summed E-state index contributed by atoms with van der Waals surface area (Å²) in [6.07, 6.45) is 0.976. The highest BCUT2D eigenvalue weighted by molar-refractivity contribution is 5.81. The van der Waals surface area contributed by atoms with Gasteiger partial charge in [-0.05, 0) is 44.4 Å². The zero-order valence-corrected chi connectivity index (χ0v) is 22.7. The predicted octanol–water partition coefficient (Wildman–Crippen LogP) is 5.12. The molecule has 0 spiro atoms. The maximum Gasteiger partial charge on any atom is 0.408 e. The van der Waals surface area contributed by atoms with E-state index in [1.165, 1.54) is 0 Å². The van der Waals surface area contributed by atoms with Crippen LogP contribution in [0.4, 0.5) is 4.79 Å². The Morgan fingerprint density at radius 3 is 1.77 bits per heavy atom. The van der Waals surface area contributed by atoms with Crippen molar-refractivity contribution in [2.75, 3.05) is 6.61 Å². The standard InChI is InChI=1S/C31H34N4O4/c1-5-38-28(36)26(33-29(37)39-30(2,3)4)21-27-32-22-35(34-27)31(23-15-9-6-10-16-23,24-17-11-7-12-18-24)25-19-13-8-14-20-25/h6-20,22,26H,5,21H2,1-4H3,(H,33,37)/t26-/m1/s1. The number of esters is 1. The molecule has 4 rings (SSSR count). The average Bonchev–Trinajstić information content (AvgIpc) is 3.38. The van der Waals surface area contributed by atoms with Crippen molar-refractivity contribution in [1.82, 2.24) is 20.1 Å². The van der Waals surface area contributed by atoms with Crippen molar-refractivity contribution in [1.29, 1.82) is 0 Å². The molecule has 0 saturated heterocycles. The minimum Gasteiger partial charge on any atom is -0.464 e. The highest BCUT2D eigenvalue weighted by atomic mass is 16.6. The molecule has 0 aliphatic carbocycles. The second kappa shape index (κ2) is 11.9. The van der Waals surface area contributed by atoms with E-state index < -0.39 is 29.2 Å². The van der Waals surface area contributed by atoms with E-state index in [-0.39, 0.29) is 13.0 Å². The van der Waals surface area contributed by atoms with Gasteiger partial charge in [-0.1, -0.05) is 91.0 Å². The minimum atomic E-state index is -1.02. The van der Waals surface area contributed by atoms with E-state index in [9.17, 15) is 9.59 Å². The van der Waals surface area contributed by atoms with Crippen LogP contribution in [0.3, 0.4) is 0 Å². The topological polar surface area (TPSA) is 95.3 Å². The Labute approximate surface area is 229 Å². The number of benzene rings is 3. The number of carbonyl (C=O) groups excluding carboxylic acids is 2. The second-order valence-corrected chi connectivity index (χ2v) is 10.1. The van der Waals surface area contributed by atoms with Gasteiger partial charge in [-0.25, -0.2) is 19.3 Å². The van der Waals surface area contributed by atoms with E-state index >= 15 is 0 Å². The third kappa shape index (κ3) is 6.34. The molecule has 0 aliphatic rings. The van der Waals surface area contributed by atoms with E-state index in [0.717, 1.165) is 16.7 Å². The van der Waals surface area contributed by atoms with Crippen molar-refractivity contribution in [2.45, 2.75) is 51.3 Å². The van der Waals surface area contributed by atoms with Gasteiger partial charge in [0.05, 0.1) is 6.61 Å². The van der Waals surface area contributed by atoms with E-state index in [1.807, 2.05) is 59.3 Å². The summed E-state index contributed by atoms with van der Waals surface area (Å²) in [5.74, 6) is -0.212. The number of rotatable bonds is 9. The SMILES string of the molecule is CCOC(=O)[C@@H](Cc1ncn(C(c2ccccc2)(c2ccccc2)c2ccccc2)n1)NC(=O)OC(C)(C)C. The lowest BCUT2D eigenvalue weighted by atomic mass is 9.77. The van der Waals surface area contributed by atoms with Crippen LogP contribution in [0, 0.1) is 0 Å². The van der Waals surface area contributed by atoms with E-state index in [2.05, 4.69) is 46.7 Å². The molecule has 202 valence electrons. The number of alkyl carbamates (subject to hydrolysis) is 1. The maximum atomic E-state index is 12.8. The van der Waals surface area contributed by atoms with Gasteiger partial charge >= 0.3 is 12.1 Å². The molecule has 8 nitrogen and oxygen atoms in total. The van der Waals surface area contributed by atoms with Crippen LogP contribution in [0.1, 0.15) is 50.2 Å². The van der Waals surface area contributed by atoms with Crippen molar-refractivity contribution in [2.24, 2.45) is 0 Å². The predicted molar refractivity (Wildman–Crippen MR) is 148 cm³/mol. The Kier molecular flexibility index (Phi) is 8.44. The van der Waals surface area contributed by atoms with Crippen LogP contribution in [0.5, 0.6) is 0 Å². The fraction of sp³-hybridized carbons (Fsp3) is 0.290. The molecule has 1 amide bonds. The van der Waals surface area contributed by atoms with Gasteiger partial charge in [0.15, 0.2) is 5.82 Å². The fourth-order valence-electron chi connectivity index (χ4n) is 4.56. The number of hydrogen-bond donors (Lipinski definition) is 1. The van der Waals surface area contributed by atoms with Gasteiger partial charge in [0.2, 0.25) is 0 Å². The fourth-order valence-corrected chi connectivity index (χ4v) is 4.56. The molecule has 8 heteroatoms. The number of aromatic nitrogens is 3. The Morgan fingerprint density at radius 1 is 0.846 bits per heavy atom. The van der Waals surface area contributed by atoms with Crippen molar-refractivity contribution < 1.29 is 19.1 Å². The molecule has 0 bridgehead atoms. The van der Waals surface area contributed by atoms with Crippen molar-refractivity contribution in [3.05, 3.63) is 120 Å². The Morgan fingerprint density at radius 2 is 1.33 bits per heavy atom. The summed E-state index contributed by atoms with van der Waals surface area (Å²) < 4.78 is 12.4. The van der Waals surface area contributed by atoms with Crippen LogP contribution in [0.15, 0.2) is 97.3 Å². The first kappa shape index (κ1) is 27.6. The minimum absolute atomic E-state index is 0.0273. The lowest BCUT2D eigenvalue weighted by molar-refractivity contribution is -0.145. The number of ether oxygens (including phenoxy) is 2. The summed E-state index contributed by atoms with van der Waals surface area (Å²) >= 11 is 0. The van der Waals surface area contributed by atoms with Gasteiger partial charge in [0.25, 0.3) is 0 Å². The number of nitrogens with zero attached hydrogens (tertiary/aromatic N) is 3. The van der Waals surface area contributed by atoms with E-state index in [0.29, 0.717) is 5.82 Å². The van der Waals surface area contributed by atoms with Gasteiger partial charge in [0, 0.05) is 6.42 Å². The number of nitrogens with one attached hydrogen (secondary N) is 1. The summed E-state index contributed by atoms with van der Waals surface area (Å²) in [5, 5.41) is 7.51. The van der Waals surface area contributed by atoms with Crippen LogP contribution >= 0.6 is 0 Å². The maximum absolute atomic E-state index is 12.8. The average molecular weight is 527 g/mol. The highest BCUT2D eigenvalue weighted by Crippen LogP contribution is 2.40. The second-order valence-electron chi connectivity index (χ2n) is 10.1. The molecule has 1 aromatic heterocycles. The smallest absolute Gasteiger partial charge is 0.408 e. The summed E-state index contributed by atoms with van der Waals surface area (Å²) in [7, 11) is 0. The first-order valence-corrected chi connectivity index (χ1v) is 13.0. The zero-order valence-electron chi connectivity index (χ0n) is 22.7. The molecule has 0 fully saturated rings. The normalized spacial score (nSPS) is 12.4. The lowest BCUT2D eigenvalue weighted by Crippen LogP contribution is -2.45. The van der Waals surface area contributed by atoms with Crippen molar-refractivity contribution >= 4 is 12.1 Å². The molecular weight excluding hydrogens is 492 g/mol. The Bertz CT molecular complexity index is 1270. The monoisotopic (exact) mass is 526 g/mol. The summed E-state index contributed by atoms with van der Waals surface area (Å²) in [6, 6.07) is 29.3. The Hall–Kier alpha value is -4.46. The van der Waals surface area contributed by atoms with Crippen molar-refractivity contribution in [3.8, 4) is 0 Å². The number of carbonyl (C=O) groups is 2. The van der Waals surface area contributed by atoms with Crippen LogP contribution < -0.4 is 5.32 Å². The Balaban J connectivity index is 1.79. The van der Waals surface area contributed by atoms with Gasteiger partial charge in [-0.3, -0.25) is 0 Å².